The van der Waals surface area contributed by atoms with E-state index in [1.54, 1.807) is 33.5 Å². The van der Waals surface area contributed by atoms with E-state index >= 15 is 0 Å². The van der Waals surface area contributed by atoms with Crippen molar-refractivity contribution in [3.8, 4) is 17.2 Å². The number of methoxy groups -OCH3 is 3. The Morgan fingerprint density at radius 1 is 1.16 bits per heavy atom. The number of nitrogens with one attached hydrogen (secondary N) is 1. The minimum absolute atomic E-state index is 0.00589. The molecule has 0 unspecified atom stereocenters. The minimum atomic E-state index is -2.92. The first-order valence-electron chi connectivity index (χ1n) is 7.76. The van der Waals surface area contributed by atoms with Gasteiger partial charge in [0.1, 0.15) is 5.75 Å². The molecule has 0 saturated carbocycles. The van der Waals surface area contributed by atoms with E-state index in [1.165, 1.54) is 11.8 Å². The standard InChI is InChI=1S/C16H23NO6S2/c1-21-13-7-15(23-3)14(22-2)6-11(13)8-17-16(18)9-24-12-4-5-25(19,20)10-12/h6-7,12H,4-5,8-10H2,1-3H3,(H,17,18)/t12-/m0/s1. The Hall–Kier alpha value is -1.61. The van der Waals surface area contributed by atoms with Crippen LogP contribution in [0, 0.1) is 0 Å². The van der Waals surface area contributed by atoms with Crippen LogP contribution in [0.5, 0.6) is 17.2 Å². The molecule has 1 aromatic rings. The van der Waals surface area contributed by atoms with Gasteiger partial charge in [-0.15, -0.1) is 11.8 Å². The molecule has 1 aliphatic rings. The highest BCUT2D eigenvalue weighted by Crippen LogP contribution is 2.34. The fraction of sp³-hybridized carbons (Fsp3) is 0.562. The molecule has 7 nitrogen and oxygen atoms in total. The van der Waals surface area contributed by atoms with Gasteiger partial charge < -0.3 is 19.5 Å². The molecule has 9 heteroatoms. The SMILES string of the molecule is COc1cc(OC)c(OC)cc1CNC(=O)CS[C@H]1CCS(=O)(=O)C1. The molecule has 1 saturated heterocycles. The first-order chi connectivity index (χ1) is 11.9. The van der Waals surface area contributed by atoms with Crippen molar-refractivity contribution in [2.24, 2.45) is 0 Å². The molecule has 0 spiro atoms. The molecule has 0 bridgehead atoms. The van der Waals surface area contributed by atoms with Crippen molar-refractivity contribution in [2.75, 3.05) is 38.6 Å². The molecule has 1 aromatic carbocycles. The lowest BCUT2D eigenvalue weighted by molar-refractivity contribution is -0.118. The normalized spacial score (nSPS) is 18.6. The quantitative estimate of drug-likeness (QED) is 0.715. The van der Waals surface area contributed by atoms with Crippen molar-refractivity contribution >= 4 is 27.5 Å². The maximum absolute atomic E-state index is 12.0. The predicted octanol–water partition coefficient (Wildman–Crippen LogP) is 1.25. The third-order valence-electron chi connectivity index (χ3n) is 3.90. The summed E-state index contributed by atoms with van der Waals surface area (Å²) >= 11 is 1.39. The summed E-state index contributed by atoms with van der Waals surface area (Å²) in [6.45, 7) is 0.284. The molecule has 0 aromatic heterocycles. The molecule has 25 heavy (non-hydrogen) atoms. The number of sulfone groups is 1. The molecule has 1 aliphatic heterocycles. The molecule has 140 valence electrons. The zero-order chi connectivity index (χ0) is 18.4. The van der Waals surface area contributed by atoms with Crippen LogP contribution in [-0.4, -0.2) is 58.2 Å². The van der Waals surface area contributed by atoms with Gasteiger partial charge in [0.2, 0.25) is 5.91 Å². The van der Waals surface area contributed by atoms with Crippen LogP contribution in [0.15, 0.2) is 12.1 Å². The average Bonchev–Trinajstić information content (AvgIpc) is 2.96. The van der Waals surface area contributed by atoms with Crippen LogP contribution in [0.25, 0.3) is 0 Å². The van der Waals surface area contributed by atoms with Gasteiger partial charge in [-0.1, -0.05) is 0 Å². The fourth-order valence-electron chi connectivity index (χ4n) is 2.56. The van der Waals surface area contributed by atoms with Gasteiger partial charge >= 0.3 is 0 Å². The van der Waals surface area contributed by atoms with E-state index in [2.05, 4.69) is 5.32 Å². The minimum Gasteiger partial charge on any atom is -0.496 e. The van der Waals surface area contributed by atoms with E-state index in [1.807, 2.05) is 0 Å². The number of thioether (sulfide) groups is 1. The van der Waals surface area contributed by atoms with Crippen LogP contribution < -0.4 is 19.5 Å². The Bertz CT molecular complexity index is 720. The summed E-state index contributed by atoms with van der Waals surface area (Å²) < 4.78 is 38.7. The van der Waals surface area contributed by atoms with Crippen LogP contribution in [0.1, 0.15) is 12.0 Å². The van der Waals surface area contributed by atoms with E-state index in [0.717, 1.165) is 5.56 Å². The Morgan fingerprint density at radius 2 is 1.80 bits per heavy atom. The Kier molecular flexibility index (Phi) is 6.83. The van der Waals surface area contributed by atoms with Crippen molar-refractivity contribution < 1.29 is 27.4 Å². The highest BCUT2D eigenvalue weighted by atomic mass is 32.2. The van der Waals surface area contributed by atoms with Crippen LogP contribution in [0.2, 0.25) is 0 Å². The van der Waals surface area contributed by atoms with Gasteiger partial charge in [-0.3, -0.25) is 4.79 Å². The van der Waals surface area contributed by atoms with E-state index in [4.69, 9.17) is 14.2 Å². The van der Waals surface area contributed by atoms with Gasteiger partial charge in [-0.05, 0) is 12.5 Å². The van der Waals surface area contributed by atoms with Gasteiger partial charge in [0.15, 0.2) is 21.3 Å². The third-order valence-corrected chi connectivity index (χ3v) is 7.18. The zero-order valence-corrected chi connectivity index (χ0v) is 16.2. The highest BCUT2D eigenvalue weighted by molar-refractivity contribution is 8.02. The summed E-state index contributed by atoms with van der Waals surface area (Å²) in [6.07, 6.45) is 0.615. The lowest BCUT2D eigenvalue weighted by atomic mass is 10.1. The summed E-state index contributed by atoms with van der Waals surface area (Å²) in [6, 6.07) is 3.47. The van der Waals surface area contributed by atoms with E-state index in [0.29, 0.717) is 23.7 Å². The van der Waals surface area contributed by atoms with Crippen molar-refractivity contribution in [2.45, 2.75) is 18.2 Å². The largest absolute Gasteiger partial charge is 0.496 e. The van der Waals surface area contributed by atoms with Crippen LogP contribution in [0.3, 0.4) is 0 Å². The van der Waals surface area contributed by atoms with Crippen molar-refractivity contribution in [1.29, 1.82) is 0 Å². The highest BCUT2D eigenvalue weighted by Gasteiger charge is 2.28. The smallest absolute Gasteiger partial charge is 0.230 e. The van der Waals surface area contributed by atoms with Crippen LogP contribution in [-0.2, 0) is 21.2 Å². The van der Waals surface area contributed by atoms with Crippen molar-refractivity contribution in [3.05, 3.63) is 17.7 Å². The molecule has 1 fully saturated rings. The number of hydrogen-bond donors (Lipinski definition) is 1. The number of carbonyl (C=O) groups is 1. The lowest BCUT2D eigenvalue weighted by Gasteiger charge is -2.15. The first kappa shape index (κ1) is 19.7. The summed E-state index contributed by atoms with van der Waals surface area (Å²) in [4.78, 5) is 12.0. The molecule has 0 radical (unpaired) electrons. The zero-order valence-electron chi connectivity index (χ0n) is 14.5. The summed E-state index contributed by atoms with van der Waals surface area (Å²) in [5.74, 6) is 2.16. The molecule has 1 N–H and O–H groups in total. The molecular formula is C16H23NO6S2. The molecular weight excluding hydrogens is 366 g/mol. The van der Waals surface area contributed by atoms with Crippen LogP contribution in [0.4, 0.5) is 0 Å². The molecule has 1 amide bonds. The van der Waals surface area contributed by atoms with Crippen molar-refractivity contribution in [1.82, 2.24) is 5.32 Å². The van der Waals surface area contributed by atoms with Gasteiger partial charge in [0.05, 0.1) is 38.6 Å². The summed E-state index contributed by atoms with van der Waals surface area (Å²) in [5, 5.41) is 2.83. The van der Waals surface area contributed by atoms with Gasteiger partial charge in [-0.25, -0.2) is 8.42 Å². The predicted molar refractivity (Wildman–Crippen MR) is 97.5 cm³/mol. The molecule has 1 atom stereocenters. The average molecular weight is 389 g/mol. The lowest BCUT2D eigenvalue weighted by Crippen LogP contribution is -2.26. The van der Waals surface area contributed by atoms with E-state index in [9.17, 15) is 13.2 Å². The number of ether oxygens (including phenoxy) is 3. The second-order valence-corrected chi connectivity index (χ2v) is 9.15. The Labute approximate surface area is 152 Å². The maximum atomic E-state index is 12.0. The summed E-state index contributed by atoms with van der Waals surface area (Å²) in [7, 11) is 1.71. The molecule has 1 heterocycles. The van der Waals surface area contributed by atoms with Crippen LogP contribution >= 0.6 is 11.8 Å². The second-order valence-electron chi connectivity index (χ2n) is 5.63. The number of benzene rings is 1. The van der Waals surface area contributed by atoms with Gasteiger partial charge in [-0.2, -0.15) is 0 Å². The fourth-order valence-corrected chi connectivity index (χ4v) is 6.03. The molecule has 0 aliphatic carbocycles. The van der Waals surface area contributed by atoms with Gasteiger partial charge in [0, 0.05) is 23.4 Å². The monoisotopic (exact) mass is 389 g/mol. The van der Waals surface area contributed by atoms with Crippen molar-refractivity contribution in [3.63, 3.8) is 0 Å². The number of hydrogen-bond acceptors (Lipinski definition) is 7. The number of carbonyl (C=O) groups excluding carboxylic acids is 1. The maximum Gasteiger partial charge on any atom is 0.230 e. The topological polar surface area (TPSA) is 90.9 Å². The molecule has 2 rings (SSSR count). The first-order valence-corrected chi connectivity index (χ1v) is 10.6. The Morgan fingerprint density at radius 3 is 2.36 bits per heavy atom. The van der Waals surface area contributed by atoms with Gasteiger partial charge in [0.25, 0.3) is 0 Å². The Balaban J connectivity index is 1.90. The second kappa shape index (κ2) is 8.66. The number of rotatable bonds is 8. The van der Waals surface area contributed by atoms with E-state index in [-0.39, 0.29) is 35.0 Å². The number of amides is 1. The van der Waals surface area contributed by atoms with E-state index < -0.39 is 9.84 Å². The third kappa shape index (κ3) is 5.43. The summed E-state index contributed by atoms with van der Waals surface area (Å²) in [5.41, 5.74) is 0.766.